The minimum absolute atomic E-state index is 1.20. The zero-order valence-electron chi connectivity index (χ0n) is 16.1. The van der Waals surface area contributed by atoms with Crippen LogP contribution in [0.5, 0.6) is 0 Å². The maximum Gasteiger partial charge on any atom is 0.171 e. The van der Waals surface area contributed by atoms with Gasteiger partial charge in [-0.15, -0.1) is 0 Å². The maximum atomic E-state index is 2.47. The molecule has 0 amide bonds. The van der Waals surface area contributed by atoms with Gasteiger partial charge in [0.1, 0.15) is 6.54 Å². The Morgan fingerprint density at radius 3 is 1.61 bits per heavy atom. The topological polar surface area (TPSA) is 3.88 Å². The van der Waals surface area contributed by atoms with Gasteiger partial charge in [0.15, 0.2) is 12.4 Å². The molecule has 23 heavy (non-hydrogen) atoms. The Morgan fingerprint density at radius 2 is 1.09 bits per heavy atom. The monoisotopic (exact) mass is 318 g/mol. The van der Waals surface area contributed by atoms with E-state index < -0.39 is 0 Å². The normalized spacial score (nSPS) is 11.1. The first-order chi connectivity index (χ1) is 11.3. The number of aromatic nitrogens is 1. The lowest BCUT2D eigenvalue weighted by Gasteiger charge is -2.06. The summed E-state index contributed by atoms with van der Waals surface area (Å²) in [5.41, 5.74) is 3.09. The lowest BCUT2D eigenvalue weighted by atomic mass is 10.0. The fourth-order valence-electron chi connectivity index (χ4n) is 3.19. The van der Waals surface area contributed by atoms with E-state index in [1.807, 2.05) is 0 Å². The minimum Gasteiger partial charge on any atom is -0.205 e. The van der Waals surface area contributed by atoms with Crippen molar-refractivity contribution in [2.45, 2.75) is 111 Å². The molecule has 0 spiro atoms. The van der Waals surface area contributed by atoms with Crippen LogP contribution in [0.3, 0.4) is 0 Å². The predicted molar refractivity (Wildman–Crippen MR) is 102 cm³/mol. The first kappa shape index (κ1) is 20.2. The molecule has 0 aliphatic carbocycles. The van der Waals surface area contributed by atoms with Crippen molar-refractivity contribution in [3.63, 3.8) is 0 Å². The van der Waals surface area contributed by atoms with Crippen molar-refractivity contribution in [3.05, 3.63) is 29.6 Å². The SMILES string of the molecule is CCCCCCCCC[n+]1cc(CCCC)cc(CCCC)c1. The van der Waals surface area contributed by atoms with E-state index in [1.165, 1.54) is 90.0 Å². The van der Waals surface area contributed by atoms with Crippen LogP contribution in [0.4, 0.5) is 0 Å². The molecule has 0 saturated heterocycles. The molecule has 1 aromatic heterocycles. The molecule has 0 bridgehead atoms. The van der Waals surface area contributed by atoms with Gasteiger partial charge in [-0.1, -0.05) is 65.7 Å². The molecule has 1 nitrogen and oxygen atoms in total. The number of pyridine rings is 1. The molecular weight excluding hydrogens is 278 g/mol. The first-order valence-electron chi connectivity index (χ1n) is 10.3. The molecule has 0 fully saturated rings. The van der Waals surface area contributed by atoms with E-state index in [1.54, 1.807) is 11.1 Å². The molecule has 1 rings (SSSR count). The van der Waals surface area contributed by atoms with Gasteiger partial charge in [-0.25, -0.2) is 4.57 Å². The van der Waals surface area contributed by atoms with Crippen LogP contribution in [0.25, 0.3) is 0 Å². The number of nitrogens with zero attached hydrogens (tertiary/aromatic N) is 1. The third-order valence-corrected chi connectivity index (χ3v) is 4.69. The zero-order valence-corrected chi connectivity index (χ0v) is 16.1. The van der Waals surface area contributed by atoms with E-state index in [-0.39, 0.29) is 0 Å². The van der Waals surface area contributed by atoms with E-state index in [0.717, 1.165) is 0 Å². The summed E-state index contributed by atoms with van der Waals surface area (Å²) in [4.78, 5) is 0. The fraction of sp³-hybridized carbons (Fsp3) is 0.773. The van der Waals surface area contributed by atoms with Gasteiger partial charge in [0.2, 0.25) is 0 Å². The largest absolute Gasteiger partial charge is 0.205 e. The Bertz CT molecular complexity index is 371. The summed E-state index contributed by atoms with van der Waals surface area (Å²) in [6, 6.07) is 2.45. The van der Waals surface area contributed by atoms with E-state index >= 15 is 0 Å². The maximum absolute atomic E-state index is 2.47. The molecule has 132 valence electrons. The van der Waals surface area contributed by atoms with Crippen LogP contribution in [0.2, 0.25) is 0 Å². The van der Waals surface area contributed by atoms with Gasteiger partial charge < -0.3 is 0 Å². The fourth-order valence-corrected chi connectivity index (χ4v) is 3.19. The van der Waals surface area contributed by atoms with Gasteiger partial charge >= 0.3 is 0 Å². The van der Waals surface area contributed by atoms with Crippen LogP contribution in [-0.2, 0) is 19.4 Å². The summed E-state index contributed by atoms with van der Waals surface area (Å²) in [5.74, 6) is 0. The molecule has 0 radical (unpaired) electrons. The molecule has 0 aromatic carbocycles. The van der Waals surface area contributed by atoms with E-state index in [0.29, 0.717) is 0 Å². The van der Waals surface area contributed by atoms with Crippen molar-refractivity contribution < 1.29 is 4.57 Å². The molecule has 1 aromatic rings. The minimum atomic E-state index is 1.20. The van der Waals surface area contributed by atoms with Crippen molar-refractivity contribution in [2.75, 3.05) is 0 Å². The molecule has 0 aliphatic rings. The van der Waals surface area contributed by atoms with Gasteiger partial charge in [0.25, 0.3) is 0 Å². The third kappa shape index (κ3) is 9.79. The number of hydrogen-bond acceptors (Lipinski definition) is 0. The summed E-state index contributed by atoms with van der Waals surface area (Å²) in [7, 11) is 0. The molecule has 1 heteroatoms. The Kier molecular flexibility index (Phi) is 11.9. The lowest BCUT2D eigenvalue weighted by Crippen LogP contribution is -2.34. The Hall–Kier alpha value is -0.850. The van der Waals surface area contributed by atoms with Crippen LogP contribution in [0.1, 0.15) is 103 Å². The predicted octanol–water partition coefficient (Wildman–Crippen LogP) is 6.41. The van der Waals surface area contributed by atoms with Gasteiger partial charge in [0, 0.05) is 17.5 Å². The van der Waals surface area contributed by atoms with Crippen molar-refractivity contribution in [1.82, 2.24) is 0 Å². The highest BCUT2D eigenvalue weighted by atomic mass is 14.9. The summed E-state index contributed by atoms with van der Waals surface area (Å²) in [6.07, 6.45) is 22.3. The highest BCUT2D eigenvalue weighted by Crippen LogP contribution is 2.10. The van der Waals surface area contributed by atoms with Crippen LogP contribution in [0, 0.1) is 0 Å². The molecule has 0 unspecified atom stereocenters. The average molecular weight is 319 g/mol. The summed E-state index contributed by atoms with van der Waals surface area (Å²) in [6.45, 7) is 8.06. The first-order valence-corrected chi connectivity index (χ1v) is 10.3. The Balaban J connectivity index is 2.44. The Morgan fingerprint density at radius 1 is 0.609 bits per heavy atom. The second-order valence-electron chi connectivity index (χ2n) is 7.12. The van der Waals surface area contributed by atoms with Crippen molar-refractivity contribution in [3.8, 4) is 0 Å². The molecule has 0 atom stereocenters. The number of rotatable bonds is 14. The van der Waals surface area contributed by atoms with Crippen LogP contribution >= 0.6 is 0 Å². The lowest BCUT2D eigenvalue weighted by molar-refractivity contribution is -0.698. The molecular formula is C22H40N+. The zero-order chi connectivity index (χ0) is 16.8. The van der Waals surface area contributed by atoms with E-state index in [9.17, 15) is 0 Å². The van der Waals surface area contributed by atoms with Crippen molar-refractivity contribution in [1.29, 1.82) is 0 Å². The van der Waals surface area contributed by atoms with Gasteiger partial charge in [0.05, 0.1) is 0 Å². The second kappa shape index (κ2) is 13.6. The third-order valence-electron chi connectivity index (χ3n) is 4.69. The van der Waals surface area contributed by atoms with Crippen LogP contribution in [0.15, 0.2) is 18.5 Å². The second-order valence-corrected chi connectivity index (χ2v) is 7.12. The van der Waals surface area contributed by atoms with Gasteiger partial charge in [-0.3, -0.25) is 0 Å². The van der Waals surface area contributed by atoms with Gasteiger partial charge in [-0.2, -0.15) is 0 Å². The standard InChI is InChI=1S/C22H40N/c1-4-7-10-11-12-13-14-17-23-19-21(15-8-5-2)18-22(20-23)16-9-6-3/h18-20H,4-17H2,1-3H3/q+1. The quantitative estimate of drug-likeness (QED) is 0.275. The number of unbranched alkanes of at least 4 members (excludes halogenated alkanes) is 8. The van der Waals surface area contributed by atoms with Crippen molar-refractivity contribution >= 4 is 0 Å². The average Bonchev–Trinajstić information content (AvgIpc) is 2.57. The number of hydrogen-bond donors (Lipinski definition) is 0. The summed E-state index contributed by atoms with van der Waals surface area (Å²) in [5, 5.41) is 0. The van der Waals surface area contributed by atoms with Crippen LogP contribution < -0.4 is 4.57 Å². The van der Waals surface area contributed by atoms with Crippen molar-refractivity contribution in [2.24, 2.45) is 0 Å². The summed E-state index contributed by atoms with van der Waals surface area (Å²) >= 11 is 0. The molecule has 1 heterocycles. The van der Waals surface area contributed by atoms with E-state index in [4.69, 9.17) is 0 Å². The molecule has 0 N–H and O–H groups in total. The smallest absolute Gasteiger partial charge is 0.171 e. The van der Waals surface area contributed by atoms with Gasteiger partial charge in [-0.05, 0) is 38.2 Å². The van der Waals surface area contributed by atoms with Crippen LogP contribution in [-0.4, -0.2) is 0 Å². The summed E-state index contributed by atoms with van der Waals surface area (Å²) < 4.78 is 2.47. The Labute approximate surface area is 145 Å². The molecule has 0 aliphatic heterocycles. The molecule has 0 saturated carbocycles. The number of aryl methyl sites for hydroxylation is 3. The highest BCUT2D eigenvalue weighted by molar-refractivity contribution is 5.15. The van der Waals surface area contributed by atoms with E-state index in [2.05, 4.69) is 43.8 Å². The highest BCUT2D eigenvalue weighted by Gasteiger charge is 2.07.